The van der Waals surface area contributed by atoms with Crippen LogP contribution in [0.5, 0.6) is 0 Å². The summed E-state index contributed by atoms with van der Waals surface area (Å²) in [7, 11) is 0. The highest BCUT2D eigenvalue weighted by molar-refractivity contribution is 8.00. The van der Waals surface area contributed by atoms with Crippen molar-refractivity contribution < 1.29 is 5.11 Å². The molecule has 1 heterocycles. The van der Waals surface area contributed by atoms with E-state index in [0.717, 1.165) is 22.9 Å². The van der Waals surface area contributed by atoms with Gasteiger partial charge in [0.05, 0.1) is 4.75 Å². The summed E-state index contributed by atoms with van der Waals surface area (Å²) in [6.07, 6.45) is 6.21. The van der Waals surface area contributed by atoms with Crippen LogP contribution in [0.25, 0.3) is 0 Å². The van der Waals surface area contributed by atoms with Gasteiger partial charge in [0.15, 0.2) is 0 Å². The minimum absolute atomic E-state index is 0.0971. The van der Waals surface area contributed by atoms with Crippen molar-refractivity contribution in [3.05, 3.63) is 29.3 Å². The quantitative estimate of drug-likeness (QED) is 0.728. The standard InChI is InChI=1S/C10H16NO2S/c1-9-8-10(2,4-5-11(9)13)14-7-3-6-12/h4-5,8,12H,3,6-7H2,1-2H3/q-1. The maximum Gasteiger partial charge on any atom is 0.0526 e. The van der Waals surface area contributed by atoms with Gasteiger partial charge in [-0.1, -0.05) is 0 Å². The third kappa shape index (κ3) is 3.04. The van der Waals surface area contributed by atoms with E-state index in [0.29, 0.717) is 0 Å². The van der Waals surface area contributed by atoms with Gasteiger partial charge in [-0.05, 0) is 44.4 Å². The third-order valence-corrected chi connectivity index (χ3v) is 3.47. The average Bonchev–Trinajstić information content (AvgIpc) is 2.13. The summed E-state index contributed by atoms with van der Waals surface area (Å²) < 4.78 is -0.0971. The van der Waals surface area contributed by atoms with Crippen LogP contribution in [0.1, 0.15) is 20.3 Å². The lowest BCUT2D eigenvalue weighted by Crippen LogP contribution is -2.23. The van der Waals surface area contributed by atoms with E-state index in [9.17, 15) is 5.21 Å². The Morgan fingerprint density at radius 2 is 2.36 bits per heavy atom. The van der Waals surface area contributed by atoms with Gasteiger partial charge >= 0.3 is 0 Å². The molecule has 0 fully saturated rings. The lowest BCUT2D eigenvalue weighted by atomic mass is 10.1. The number of hydrogen-bond acceptors (Lipinski definition) is 4. The maximum absolute atomic E-state index is 11.1. The Balaban J connectivity index is 2.53. The zero-order chi connectivity index (χ0) is 10.6. The van der Waals surface area contributed by atoms with Crippen LogP contribution in [0.15, 0.2) is 24.0 Å². The summed E-state index contributed by atoms with van der Waals surface area (Å²) in [5.74, 6) is 0.903. The monoisotopic (exact) mass is 214 g/mol. The predicted molar refractivity (Wildman–Crippen MR) is 60.7 cm³/mol. The number of hydroxylamine groups is 2. The van der Waals surface area contributed by atoms with E-state index in [-0.39, 0.29) is 11.4 Å². The van der Waals surface area contributed by atoms with E-state index in [2.05, 4.69) is 6.92 Å². The number of aliphatic hydroxyl groups is 1. The number of nitrogens with zero attached hydrogens (tertiary/aromatic N) is 1. The van der Waals surface area contributed by atoms with Gasteiger partial charge in [0.2, 0.25) is 0 Å². The number of rotatable bonds is 4. The summed E-state index contributed by atoms with van der Waals surface area (Å²) in [5, 5.41) is 20.7. The summed E-state index contributed by atoms with van der Waals surface area (Å²) in [6.45, 7) is 4.10. The van der Waals surface area contributed by atoms with Gasteiger partial charge in [-0.2, -0.15) is 0 Å². The van der Waals surface area contributed by atoms with Gasteiger partial charge in [0.25, 0.3) is 0 Å². The predicted octanol–water partition coefficient (Wildman–Crippen LogP) is 2.09. The third-order valence-electron chi connectivity index (χ3n) is 2.10. The van der Waals surface area contributed by atoms with Crippen molar-refractivity contribution in [1.82, 2.24) is 5.06 Å². The van der Waals surface area contributed by atoms with Crippen LogP contribution in [-0.4, -0.2) is 27.3 Å². The summed E-state index contributed by atoms with van der Waals surface area (Å²) in [6, 6.07) is 0. The molecular formula is C10H16NO2S-. The molecule has 0 spiro atoms. The molecule has 0 aromatic carbocycles. The molecule has 80 valence electrons. The molecule has 1 unspecified atom stereocenters. The molecule has 1 aliphatic rings. The molecular weight excluding hydrogens is 198 g/mol. The minimum Gasteiger partial charge on any atom is -0.754 e. The second-order valence-corrected chi connectivity index (χ2v) is 5.11. The molecule has 1 atom stereocenters. The molecule has 3 nitrogen and oxygen atoms in total. The molecule has 1 rings (SSSR count). The normalized spacial score (nSPS) is 26.6. The molecule has 1 aliphatic heterocycles. The first-order chi connectivity index (χ1) is 6.57. The highest BCUT2D eigenvalue weighted by Gasteiger charge is 2.21. The topological polar surface area (TPSA) is 46.5 Å². The first kappa shape index (κ1) is 11.6. The average molecular weight is 214 g/mol. The van der Waals surface area contributed by atoms with Crippen LogP contribution >= 0.6 is 11.8 Å². The molecule has 0 amide bonds. The maximum atomic E-state index is 11.1. The fourth-order valence-corrected chi connectivity index (χ4v) is 2.43. The Bertz CT molecular complexity index is 253. The van der Waals surface area contributed by atoms with Crippen LogP contribution in [0.2, 0.25) is 0 Å². The van der Waals surface area contributed by atoms with Crippen LogP contribution in [-0.2, 0) is 0 Å². The van der Waals surface area contributed by atoms with Crippen molar-refractivity contribution >= 4 is 11.8 Å². The smallest absolute Gasteiger partial charge is 0.0526 e. The largest absolute Gasteiger partial charge is 0.754 e. The van der Waals surface area contributed by atoms with Crippen molar-refractivity contribution in [2.45, 2.75) is 25.0 Å². The molecule has 0 saturated carbocycles. The number of aliphatic hydroxyl groups excluding tert-OH is 1. The van der Waals surface area contributed by atoms with Crippen molar-refractivity contribution in [3.63, 3.8) is 0 Å². The van der Waals surface area contributed by atoms with Crippen LogP contribution < -0.4 is 0 Å². The van der Waals surface area contributed by atoms with Crippen LogP contribution in [0.4, 0.5) is 0 Å². The molecule has 0 aliphatic carbocycles. The van der Waals surface area contributed by atoms with Gasteiger partial charge in [0, 0.05) is 12.3 Å². The summed E-state index contributed by atoms with van der Waals surface area (Å²) in [4.78, 5) is 0. The van der Waals surface area contributed by atoms with Gasteiger partial charge in [-0.15, -0.1) is 11.8 Å². The van der Waals surface area contributed by atoms with Gasteiger partial charge in [0.1, 0.15) is 0 Å². The lowest BCUT2D eigenvalue weighted by molar-refractivity contribution is 0.296. The second-order valence-electron chi connectivity index (χ2n) is 3.54. The Hall–Kier alpha value is -0.450. The van der Waals surface area contributed by atoms with Crippen molar-refractivity contribution in [1.29, 1.82) is 0 Å². The molecule has 0 bridgehead atoms. The second kappa shape index (κ2) is 4.87. The van der Waals surface area contributed by atoms with E-state index >= 15 is 0 Å². The van der Waals surface area contributed by atoms with Crippen molar-refractivity contribution in [2.24, 2.45) is 0 Å². The van der Waals surface area contributed by atoms with Crippen LogP contribution in [0, 0.1) is 5.21 Å². The summed E-state index contributed by atoms with van der Waals surface area (Å²) in [5.41, 5.74) is 0.728. The fraction of sp³-hybridized carbons (Fsp3) is 0.600. The number of hydrogen-bond donors (Lipinski definition) is 1. The molecule has 14 heavy (non-hydrogen) atoms. The van der Waals surface area contributed by atoms with E-state index in [1.165, 1.54) is 0 Å². The zero-order valence-corrected chi connectivity index (χ0v) is 9.38. The van der Waals surface area contributed by atoms with E-state index in [1.807, 2.05) is 12.2 Å². The van der Waals surface area contributed by atoms with E-state index < -0.39 is 0 Å². The van der Waals surface area contributed by atoms with Crippen molar-refractivity contribution in [3.8, 4) is 0 Å². The summed E-state index contributed by atoms with van der Waals surface area (Å²) >= 11 is 1.74. The minimum atomic E-state index is -0.0971. The first-order valence-electron chi connectivity index (χ1n) is 4.67. The molecule has 1 N–H and O–H groups in total. The van der Waals surface area contributed by atoms with Gasteiger partial charge in [-0.3, -0.25) is 0 Å². The fourth-order valence-electron chi connectivity index (χ4n) is 1.31. The van der Waals surface area contributed by atoms with E-state index in [4.69, 9.17) is 5.11 Å². The molecule has 0 aromatic heterocycles. The lowest BCUT2D eigenvalue weighted by Gasteiger charge is -2.36. The van der Waals surface area contributed by atoms with Crippen molar-refractivity contribution in [2.75, 3.05) is 12.4 Å². The Labute approximate surface area is 89.1 Å². The number of allylic oxidation sites excluding steroid dienone is 1. The molecule has 0 saturated heterocycles. The van der Waals surface area contributed by atoms with E-state index in [1.54, 1.807) is 24.9 Å². The SMILES string of the molecule is CC1=CC(C)(SCCCO)C=CN1[O-]. The van der Waals surface area contributed by atoms with Gasteiger partial charge in [-0.25, -0.2) is 0 Å². The first-order valence-corrected chi connectivity index (χ1v) is 5.66. The highest BCUT2D eigenvalue weighted by atomic mass is 32.2. The van der Waals surface area contributed by atoms with Gasteiger partial charge < -0.3 is 15.4 Å². The zero-order valence-electron chi connectivity index (χ0n) is 8.56. The highest BCUT2D eigenvalue weighted by Crippen LogP contribution is 2.33. The Kier molecular flexibility index (Phi) is 4.04. The van der Waals surface area contributed by atoms with Crippen LogP contribution in [0.3, 0.4) is 0 Å². The Morgan fingerprint density at radius 3 is 2.93 bits per heavy atom. The molecule has 4 heteroatoms. The molecule has 0 aromatic rings. The Morgan fingerprint density at radius 1 is 1.64 bits per heavy atom. The molecule has 0 radical (unpaired) electrons. The number of thioether (sulfide) groups is 1.